The molecule has 1 aromatic heterocycles. The third-order valence-corrected chi connectivity index (χ3v) is 11.1. The Morgan fingerprint density at radius 1 is 0.912 bits per heavy atom. The minimum atomic E-state index is -0.969. The average molecular weight is 788 g/mol. The highest BCUT2D eigenvalue weighted by Gasteiger charge is 2.55. The Kier molecular flexibility index (Phi) is 11.3. The number of esters is 1. The Morgan fingerprint density at radius 3 is 2.14 bits per heavy atom. The van der Waals surface area contributed by atoms with Crippen LogP contribution in [0.1, 0.15) is 65.9 Å². The van der Waals surface area contributed by atoms with E-state index in [0.29, 0.717) is 43.0 Å². The number of hydrogen-bond acceptors (Lipinski definition) is 8. The van der Waals surface area contributed by atoms with E-state index in [1.54, 1.807) is 56.0 Å². The predicted octanol–water partition coefficient (Wildman–Crippen LogP) is 5.77. The molecule has 2 fully saturated rings. The van der Waals surface area contributed by atoms with Crippen molar-refractivity contribution in [3.63, 3.8) is 0 Å². The van der Waals surface area contributed by atoms with E-state index >= 15 is 0 Å². The maximum atomic E-state index is 14.4. The lowest BCUT2D eigenvalue weighted by atomic mass is 10.00. The molecule has 0 unspecified atom stereocenters. The van der Waals surface area contributed by atoms with E-state index in [1.807, 2.05) is 89.8 Å². The summed E-state index contributed by atoms with van der Waals surface area (Å²) in [5, 5.41) is 11.3. The Morgan fingerprint density at radius 2 is 1.54 bits per heavy atom. The van der Waals surface area contributed by atoms with Gasteiger partial charge in [0.2, 0.25) is 5.91 Å². The lowest BCUT2D eigenvalue weighted by Gasteiger charge is -2.49. The molecule has 7 rings (SSSR count). The summed E-state index contributed by atoms with van der Waals surface area (Å²) in [7, 11) is 0. The summed E-state index contributed by atoms with van der Waals surface area (Å²) in [5.74, 6) is -2.03. The van der Waals surface area contributed by atoms with Crippen LogP contribution in [-0.4, -0.2) is 74.1 Å². The lowest BCUT2D eigenvalue weighted by molar-refractivity contribution is -0.688. The first-order valence-corrected chi connectivity index (χ1v) is 19.7. The molecule has 0 bridgehead atoms. The van der Waals surface area contributed by atoms with Crippen molar-refractivity contribution in [2.75, 3.05) is 12.3 Å². The van der Waals surface area contributed by atoms with Gasteiger partial charge in [-0.15, -0.1) is 11.8 Å². The van der Waals surface area contributed by atoms with Gasteiger partial charge in [0.05, 0.1) is 5.56 Å². The summed E-state index contributed by atoms with van der Waals surface area (Å²) in [6.07, 6.45) is 4.51. The number of alkyl carbamates (subject to hydrolysis) is 1. The molecule has 292 valence electrons. The molecule has 0 aliphatic carbocycles. The Bertz CT molecular complexity index is 2200. The normalized spacial score (nSPS) is 18.7. The Labute approximate surface area is 334 Å². The average Bonchev–Trinajstić information content (AvgIpc) is 3.53. The quantitative estimate of drug-likeness (QED) is 0.0837. The molecule has 3 aliphatic rings. The molecule has 4 heterocycles. The number of rotatable bonds is 11. The van der Waals surface area contributed by atoms with Crippen LogP contribution in [0, 0.1) is 0 Å². The van der Waals surface area contributed by atoms with Gasteiger partial charge in [0, 0.05) is 42.1 Å². The number of carboxylic acid groups (broad SMARTS) is 1. The van der Waals surface area contributed by atoms with Gasteiger partial charge in [-0.1, -0.05) is 72.8 Å². The van der Waals surface area contributed by atoms with Crippen molar-refractivity contribution >= 4 is 41.6 Å². The van der Waals surface area contributed by atoms with Crippen LogP contribution in [0.3, 0.4) is 0 Å². The van der Waals surface area contributed by atoms with Gasteiger partial charge in [-0.2, -0.15) is 0 Å². The zero-order valence-corrected chi connectivity index (χ0v) is 32.6. The molecule has 57 heavy (non-hydrogen) atoms. The summed E-state index contributed by atoms with van der Waals surface area (Å²) >= 11 is 1.39. The molecule has 0 radical (unpaired) electrons. The van der Waals surface area contributed by atoms with Crippen LogP contribution in [0.4, 0.5) is 4.79 Å². The lowest BCUT2D eigenvalue weighted by Crippen LogP contribution is -2.70. The SMILES string of the molecule is CC(C)(C)OC(=O)N[C@@H]1C(=O)N2C(C(=O)OC(c3ccccc3)c3ccccc3)=C(/C=C3\CCN(Cc4cc[n+](Cc5ccc(C(=O)O)cc5)cc4)C3=O)CS[C@H]12. The highest BCUT2D eigenvalue weighted by atomic mass is 32.2. The maximum Gasteiger partial charge on any atom is 0.408 e. The van der Waals surface area contributed by atoms with Crippen molar-refractivity contribution in [3.8, 4) is 0 Å². The zero-order valence-electron chi connectivity index (χ0n) is 31.8. The standard InChI is InChI=1S/C44H42N4O8S/c1-44(2,3)56-43(54)45-35-39(50)48-36(42(53)55-37(30-10-6-4-7-11-30)31-12-8-5-9-13-31)34(27-57-40(35)48)24-33-20-23-47(38(33)49)26-29-18-21-46(22-19-29)25-28-14-16-32(17-15-28)41(51)52/h4-19,21-22,24,35,37,40H,20,23,25-27H2,1-3H3,(H-,45,51,52,54)/p+1/b33-24+/t35-,40-/m1/s1. The number of nitrogens with one attached hydrogen (secondary N) is 1. The largest absolute Gasteiger partial charge is 0.478 e. The number of carbonyl (C=O) groups excluding carboxylic acids is 4. The fourth-order valence-corrected chi connectivity index (χ4v) is 8.28. The van der Waals surface area contributed by atoms with Gasteiger partial charge in [0.15, 0.2) is 25.0 Å². The van der Waals surface area contributed by atoms with E-state index in [4.69, 9.17) is 14.6 Å². The molecular weight excluding hydrogens is 745 g/mol. The molecule has 3 aliphatic heterocycles. The minimum absolute atomic E-state index is 0.0480. The second-order valence-corrected chi connectivity index (χ2v) is 16.1. The van der Waals surface area contributed by atoms with Gasteiger partial charge in [-0.05, 0) is 67.7 Å². The molecule has 2 atom stereocenters. The van der Waals surface area contributed by atoms with Crippen LogP contribution in [0.15, 0.2) is 132 Å². The number of carbonyl (C=O) groups is 5. The number of fused-ring (bicyclic) bond motifs is 1. The van der Waals surface area contributed by atoms with Gasteiger partial charge in [-0.25, -0.2) is 19.0 Å². The molecular formula is C44H43N4O8S+. The van der Waals surface area contributed by atoms with Crippen molar-refractivity contribution < 1.29 is 43.1 Å². The summed E-state index contributed by atoms with van der Waals surface area (Å²) in [5.41, 5.74) is 3.92. The molecule has 0 spiro atoms. The number of aromatic nitrogens is 1. The van der Waals surface area contributed by atoms with E-state index in [9.17, 15) is 24.0 Å². The zero-order chi connectivity index (χ0) is 40.3. The predicted molar refractivity (Wildman–Crippen MR) is 211 cm³/mol. The fraction of sp³-hybridized carbons (Fsp3) is 0.273. The Balaban J connectivity index is 1.12. The number of amides is 3. The first kappa shape index (κ1) is 39.0. The van der Waals surface area contributed by atoms with Crippen LogP contribution in [0.25, 0.3) is 0 Å². The van der Waals surface area contributed by atoms with Crippen LogP contribution >= 0.6 is 11.8 Å². The highest BCUT2D eigenvalue weighted by molar-refractivity contribution is 8.00. The number of pyridine rings is 1. The molecule has 13 heteroatoms. The molecule has 3 amide bonds. The van der Waals surface area contributed by atoms with Crippen molar-refractivity contribution in [2.24, 2.45) is 0 Å². The second-order valence-electron chi connectivity index (χ2n) is 15.0. The van der Waals surface area contributed by atoms with Crippen molar-refractivity contribution in [1.82, 2.24) is 15.1 Å². The maximum absolute atomic E-state index is 14.4. The number of hydrogen-bond donors (Lipinski definition) is 2. The van der Waals surface area contributed by atoms with Crippen LogP contribution in [0.2, 0.25) is 0 Å². The summed E-state index contributed by atoms with van der Waals surface area (Å²) in [6.45, 7) is 6.62. The third-order valence-electron chi connectivity index (χ3n) is 9.75. The van der Waals surface area contributed by atoms with E-state index in [0.717, 1.165) is 22.3 Å². The van der Waals surface area contributed by atoms with Gasteiger partial charge < -0.3 is 24.8 Å². The van der Waals surface area contributed by atoms with E-state index < -0.39 is 47.1 Å². The van der Waals surface area contributed by atoms with E-state index in [1.165, 1.54) is 16.7 Å². The summed E-state index contributed by atoms with van der Waals surface area (Å²) in [4.78, 5) is 69.0. The molecule has 2 N–H and O–H groups in total. The smallest absolute Gasteiger partial charge is 0.408 e. The fourth-order valence-electron chi connectivity index (χ4n) is 6.97. The van der Waals surface area contributed by atoms with Crippen LogP contribution in [0.5, 0.6) is 0 Å². The number of ether oxygens (including phenoxy) is 2. The first-order chi connectivity index (χ1) is 27.3. The summed E-state index contributed by atoms with van der Waals surface area (Å²) < 4.78 is 13.6. The summed E-state index contributed by atoms with van der Waals surface area (Å²) in [6, 6.07) is 28.4. The van der Waals surface area contributed by atoms with E-state index in [2.05, 4.69) is 5.32 Å². The van der Waals surface area contributed by atoms with Crippen LogP contribution < -0.4 is 9.88 Å². The van der Waals surface area contributed by atoms with Crippen molar-refractivity contribution in [1.29, 1.82) is 0 Å². The highest BCUT2D eigenvalue weighted by Crippen LogP contribution is 2.43. The molecule has 2 saturated heterocycles. The van der Waals surface area contributed by atoms with E-state index in [-0.39, 0.29) is 17.2 Å². The molecule has 0 saturated carbocycles. The molecule has 12 nitrogen and oxygen atoms in total. The third kappa shape index (κ3) is 8.94. The number of likely N-dealkylation sites (tertiary alicyclic amines) is 1. The number of aromatic carboxylic acids is 1. The topological polar surface area (TPSA) is 146 Å². The number of nitrogens with zero attached hydrogens (tertiary/aromatic N) is 3. The van der Waals surface area contributed by atoms with Gasteiger partial charge in [-0.3, -0.25) is 14.5 Å². The minimum Gasteiger partial charge on any atom is -0.478 e. The van der Waals surface area contributed by atoms with Crippen LogP contribution in [-0.2, 0) is 36.9 Å². The number of benzene rings is 3. The van der Waals surface area contributed by atoms with Gasteiger partial charge in [0.1, 0.15) is 22.7 Å². The number of β-lactam (4-membered cyclic amide) rings is 1. The van der Waals surface area contributed by atoms with Crippen molar-refractivity contribution in [2.45, 2.75) is 63.4 Å². The second kappa shape index (κ2) is 16.5. The van der Waals surface area contributed by atoms with Gasteiger partial charge >= 0.3 is 18.0 Å². The first-order valence-electron chi connectivity index (χ1n) is 18.6. The van der Waals surface area contributed by atoms with Crippen molar-refractivity contribution in [3.05, 3.63) is 160 Å². The number of allylic oxidation sites excluding steroid dienone is 1. The number of carboxylic acids is 1. The molecule has 3 aromatic carbocycles. The number of thioether (sulfide) groups is 1. The van der Waals surface area contributed by atoms with Gasteiger partial charge in [0.25, 0.3) is 5.91 Å². The monoisotopic (exact) mass is 787 g/mol. The Hall–Kier alpha value is -6.21. The molecule has 4 aromatic rings.